The third kappa shape index (κ3) is 1.98. The van der Waals surface area contributed by atoms with Gasteiger partial charge in [0.05, 0.1) is 5.69 Å². The number of aryl methyl sites for hydroxylation is 1. The fraction of sp³-hybridized carbons (Fsp3) is 0.727. The van der Waals surface area contributed by atoms with Crippen molar-refractivity contribution in [1.82, 2.24) is 15.1 Å². The summed E-state index contributed by atoms with van der Waals surface area (Å²) in [7, 11) is 1.95. The number of nitrogens with zero attached hydrogens (tertiary/aromatic N) is 2. The lowest BCUT2D eigenvalue weighted by Gasteiger charge is -2.19. The highest BCUT2D eigenvalue weighted by Crippen LogP contribution is 2.47. The molecule has 2 rings (SSSR count). The van der Waals surface area contributed by atoms with E-state index in [1.807, 2.05) is 17.9 Å². The first-order valence-corrected chi connectivity index (χ1v) is 5.32. The van der Waals surface area contributed by atoms with Gasteiger partial charge in [0.15, 0.2) is 0 Å². The van der Waals surface area contributed by atoms with E-state index >= 15 is 0 Å². The smallest absolute Gasteiger partial charge is 0.0762 e. The third-order valence-corrected chi connectivity index (χ3v) is 3.44. The molecule has 14 heavy (non-hydrogen) atoms. The molecule has 0 radical (unpaired) electrons. The van der Waals surface area contributed by atoms with Gasteiger partial charge < -0.3 is 5.32 Å². The van der Waals surface area contributed by atoms with Crippen LogP contribution in [0.25, 0.3) is 0 Å². The maximum atomic E-state index is 4.34. The molecule has 1 unspecified atom stereocenters. The summed E-state index contributed by atoms with van der Waals surface area (Å²) in [6.45, 7) is 5.51. The highest BCUT2D eigenvalue weighted by atomic mass is 15.3. The van der Waals surface area contributed by atoms with Crippen LogP contribution in [0, 0.1) is 5.41 Å². The second-order valence-electron chi connectivity index (χ2n) is 4.74. The molecule has 1 atom stereocenters. The maximum absolute atomic E-state index is 4.34. The van der Waals surface area contributed by atoms with E-state index in [0.717, 1.165) is 12.2 Å². The van der Waals surface area contributed by atoms with Crippen molar-refractivity contribution in [3.05, 3.63) is 18.0 Å². The first-order valence-electron chi connectivity index (χ1n) is 5.32. The molecule has 3 heteroatoms. The van der Waals surface area contributed by atoms with Gasteiger partial charge in [-0.05, 0) is 31.2 Å². The molecular weight excluding hydrogens is 174 g/mol. The first-order chi connectivity index (χ1) is 6.60. The molecule has 0 aliphatic heterocycles. The van der Waals surface area contributed by atoms with Gasteiger partial charge in [0, 0.05) is 25.8 Å². The molecule has 1 saturated carbocycles. The highest BCUT2D eigenvalue weighted by Gasteiger charge is 2.42. The summed E-state index contributed by atoms with van der Waals surface area (Å²) in [6, 6.07) is 2.67. The lowest BCUT2D eigenvalue weighted by Crippen LogP contribution is -2.32. The third-order valence-electron chi connectivity index (χ3n) is 3.44. The van der Waals surface area contributed by atoms with Crippen molar-refractivity contribution in [3.8, 4) is 0 Å². The number of aromatic nitrogens is 2. The van der Waals surface area contributed by atoms with Gasteiger partial charge in [-0.1, -0.05) is 6.92 Å². The summed E-state index contributed by atoms with van der Waals surface area (Å²) < 4.78 is 1.85. The largest absolute Gasteiger partial charge is 0.308 e. The van der Waals surface area contributed by atoms with Crippen LogP contribution in [-0.4, -0.2) is 15.8 Å². The molecule has 1 aliphatic carbocycles. The SMILES string of the molecule is CC(NCc1ccn(C)n1)C1(C)CC1. The van der Waals surface area contributed by atoms with E-state index in [4.69, 9.17) is 0 Å². The van der Waals surface area contributed by atoms with E-state index in [2.05, 4.69) is 30.3 Å². The van der Waals surface area contributed by atoms with Crippen molar-refractivity contribution >= 4 is 0 Å². The van der Waals surface area contributed by atoms with Gasteiger partial charge >= 0.3 is 0 Å². The fourth-order valence-electron chi connectivity index (χ4n) is 1.69. The average molecular weight is 193 g/mol. The number of nitrogens with one attached hydrogen (secondary N) is 1. The Labute approximate surface area is 85.5 Å². The van der Waals surface area contributed by atoms with Crippen molar-refractivity contribution in [1.29, 1.82) is 0 Å². The summed E-state index contributed by atoms with van der Waals surface area (Å²) in [4.78, 5) is 0. The molecule has 0 bridgehead atoms. The van der Waals surface area contributed by atoms with E-state index in [1.165, 1.54) is 12.8 Å². The van der Waals surface area contributed by atoms with Crippen LogP contribution in [0.15, 0.2) is 12.3 Å². The van der Waals surface area contributed by atoms with Gasteiger partial charge in [0.2, 0.25) is 0 Å². The van der Waals surface area contributed by atoms with Crippen LogP contribution in [0.4, 0.5) is 0 Å². The molecule has 3 nitrogen and oxygen atoms in total. The molecule has 1 heterocycles. The quantitative estimate of drug-likeness (QED) is 0.788. The van der Waals surface area contributed by atoms with Gasteiger partial charge in [-0.15, -0.1) is 0 Å². The molecule has 1 fully saturated rings. The minimum atomic E-state index is 0.550. The van der Waals surface area contributed by atoms with Gasteiger partial charge in [-0.3, -0.25) is 4.68 Å². The van der Waals surface area contributed by atoms with E-state index in [-0.39, 0.29) is 0 Å². The number of hydrogen-bond donors (Lipinski definition) is 1. The monoisotopic (exact) mass is 193 g/mol. The summed E-state index contributed by atoms with van der Waals surface area (Å²) in [6.07, 6.45) is 4.72. The molecule has 1 N–H and O–H groups in total. The lowest BCUT2D eigenvalue weighted by molar-refractivity contribution is 0.377. The fourth-order valence-corrected chi connectivity index (χ4v) is 1.69. The van der Waals surface area contributed by atoms with Gasteiger partial charge in [-0.2, -0.15) is 5.10 Å². The van der Waals surface area contributed by atoms with Crippen LogP contribution in [0.1, 0.15) is 32.4 Å². The van der Waals surface area contributed by atoms with E-state index in [1.54, 1.807) is 0 Å². The molecule has 78 valence electrons. The molecule has 0 amide bonds. The van der Waals surface area contributed by atoms with Crippen molar-refractivity contribution in [2.45, 2.75) is 39.3 Å². The van der Waals surface area contributed by atoms with Crippen LogP contribution in [0.5, 0.6) is 0 Å². The predicted octanol–water partition coefficient (Wildman–Crippen LogP) is 1.70. The Morgan fingerprint density at radius 3 is 2.86 bits per heavy atom. The number of hydrogen-bond acceptors (Lipinski definition) is 2. The van der Waals surface area contributed by atoms with Gasteiger partial charge in [0.1, 0.15) is 0 Å². The number of rotatable bonds is 4. The predicted molar refractivity (Wildman–Crippen MR) is 56.9 cm³/mol. The minimum Gasteiger partial charge on any atom is -0.308 e. The van der Waals surface area contributed by atoms with E-state index < -0.39 is 0 Å². The minimum absolute atomic E-state index is 0.550. The van der Waals surface area contributed by atoms with Crippen molar-refractivity contribution in [2.24, 2.45) is 12.5 Å². The molecule has 1 aromatic heterocycles. The molecule has 0 spiro atoms. The Morgan fingerprint density at radius 2 is 2.36 bits per heavy atom. The van der Waals surface area contributed by atoms with Gasteiger partial charge in [-0.25, -0.2) is 0 Å². The summed E-state index contributed by atoms with van der Waals surface area (Å²) in [5, 5.41) is 7.88. The standard InChI is InChI=1S/C11H19N3/c1-9(11(2)5-6-11)12-8-10-4-7-14(3)13-10/h4,7,9,12H,5-6,8H2,1-3H3. The second-order valence-corrected chi connectivity index (χ2v) is 4.74. The Balaban J connectivity index is 1.82. The topological polar surface area (TPSA) is 29.9 Å². The lowest BCUT2D eigenvalue weighted by atomic mass is 10.0. The molecular formula is C11H19N3. The van der Waals surface area contributed by atoms with Crippen LogP contribution in [-0.2, 0) is 13.6 Å². The Hall–Kier alpha value is -0.830. The van der Waals surface area contributed by atoms with Gasteiger partial charge in [0.25, 0.3) is 0 Å². The zero-order chi connectivity index (χ0) is 10.2. The van der Waals surface area contributed by atoms with Crippen LogP contribution < -0.4 is 5.32 Å². The zero-order valence-electron chi connectivity index (χ0n) is 9.25. The molecule has 0 saturated heterocycles. The molecule has 1 aliphatic rings. The highest BCUT2D eigenvalue weighted by molar-refractivity contribution is 5.01. The van der Waals surface area contributed by atoms with Crippen LogP contribution in [0.2, 0.25) is 0 Å². The summed E-state index contributed by atoms with van der Waals surface area (Å²) in [5.74, 6) is 0. The van der Waals surface area contributed by atoms with Crippen molar-refractivity contribution in [2.75, 3.05) is 0 Å². The van der Waals surface area contributed by atoms with Crippen LogP contribution in [0.3, 0.4) is 0 Å². The Morgan fingerprint density at radius 1 is 1.64 bits per heavy atom. The summed E-state index contributed by atoms with van der Waals surface area (Å²) in [5.41, 5.74) is 1.68. The average Bonchev–Trinajstić information content (AvgIpc) is 2.76. The zero-order valence-corrected chi connectivity index (χ0v) is 9.25. The normalized spacial score (nSPS) is 20.8. The maximum Gasteiger partial charge on any atom is 0.0762 e. The first kappa shape index (κ1) is 9.71. The summed E-state index contributed by atoms with van der Waals surface area (Å²) >= 11 is 0. The van der Waals surface area contributed by atoms with Crippen LogP contribution >= 0.6 is 0 Å². The van der Waals surface area contributed by atoms with Crippen molar-refractivity contribution in [3.63, 3.8) is 0 Å². The Bertz CT molecular complexity index is 312. The van der Waals surface area contributed by atoms with Crippen molar-refractivity contribution < 1.29 is 0 Å². The Kier molecular flexibility index (Phi) is 2.35. The molecule has 0 aromatic carbocycles. The van der Waals surface area contributed by atoms with E-state index in [0.29, 0.717) is 11.5 Å². The molecule has 1 aromatic rings. The van der Waals surface area contributed by atoms with E-state index in [9.17, 15) is 0 Å². The second kappa shape index (κ2) is 3.39.